The fourth-order valence-corrected chi connectivity index (χ4v) is 5.00. The molecular weight excluding hydrogens is 252 g/mol. The van der Waals surface area contributed by atoms with E-state index in [2.05, 4.69) is 15.3 Å². The summed E-state index contributed by atoms with van der Waals surface area (Å²) in [5.74, 6) is -1.71. The number of Topliss-reactive ketones (excluding diaryl/α,β-unsaturated/α-hetero) is 1. The fraction of sp³-hybridized carbons (Fsp3) is 0.800. The number of nitrogens with zero attached hydrogens (tertiary/aromatic N) is 3. The average molecular weight is 270 g/mol. The molecule has 2 N–H and O–H groups in total. The van der Waals surface area contributed by atoms with E-state index >= 15 is 0 Å². The van der Waals surface area contributed by atoms with Crippen molar-refractivity contribution in [2.45, 2.75) is 50.2 Å². The summed E-state index contributed by atoms with van der Waals surface area (Å²) >= 11 is 0. The van der Waals surface area contributed by atoms with E-state index in [1.807, 2.05) is 33.9 Å². The number of azide groups is 1. The average Bonchev–Trinajstić information content (AvgIpc) is 2.20. The monoisotopic (exact) mass is 270 g/mol. The lowest BCUT2D eigenvalue weighted by Crippen LogP contribution is -2.86. The van der Waals surface area contributed by atoms with Crippen molar-refractivity contribution in [1.29, 1.82) is 0 Å². The van der Waals surface area contributed by atoms with Crippen molar-refractivity contribution >= 4 is 19.8 Å². The highest BCUT2D eigenvalue weighted by Crippen LogP contribution is 2.46. The maximum Gasteiger partial charge on any atom is 0.328 e. The number of nitrogens with one attached hydrogen (secondary N) is 1. The van der Waals surface area contributed by atoms with E-state index in [9.17, 15) is 14.7 Å². The minimum atomic E-state index is -2.51. The zero-order valence-electron chi connectivity index (χ0n) is 11.2. The van der Waals surface area contributed by atoms with Gasteiger partial charge in [-0.3, -0.25) is 14.9 Å². The van der Waals surface area contributed by atoms with Crippen LogP contribution in [0.4, 0.5) is 0 Å². The van der Waals surface area contributed by atoms with Crippen LogP contribution < -0.4 is 5.32 Å². The molecule has 0 radical (unpaired) electrons. The van der Waals surface area contributed by atoms with Crippen LogP contribution in [0.15, 0.2) is 5.11 Å². The van der Waals surface area contributed by atoms with Gasteiger partial charge >= 0.3 is 5.97 Å². The molecule has 0 saturated carbocycles. The molecule has 1 fully saturated rings. The lowest BCUT2D eigenvalue weighted by Gasteiger charge is -2.55. The Kier molecular flexibility index (Phi) is 3.33. The number of carbonyl (C=O) groups excluding carboxylic acids is 1. The summed E-state index contributed by atoms with van der Waals surface area (Å²) in [5, 5.41) is 13.6. The highest BCUT2D eigenvalue weighted by molar-refractivity contribution is 6.90. The van der Waals surface area contributed by atoms with Crippen LogP contribution in [0.1, 0.15) is 20.8 Å². The highest BCUT2D eigenvalue weighted by Gasteiger charge is 2.70. The van der Waals surface area contributed by atoms with Crippen LogP contribution in [-0.4, -0.2) is 36.3 Å². The number of rotatable bonds is 3. The number of ketones is 1. The molecule has 7 nitrogen and oxygen atoms in total. The van der Waals surface area contributed by atoms with E-state index in [0.717, 1.165) is 0 Å². The SMILES string of the molecule is CC(C)(C)[Si](C)(C)C1(C(=O)O)NC(N=[N+]=[N-])C1=O. The summed E-state index contributed by atoms with van der Waals surface area (Å²) in [6, 6.07) is 0. The Bertz CT molecular complexity index is 451. The first kappa shape index (κ1) is 14.7. The van der Waals surface area contributed by atoms with E-state index in [1.165, 1.54) is 0 Å². The molecule has 0 spiro atoms. The highest BCUT2D eigenvalue weighted by atomic mass is 28.3. The molecule has 0 aliphatic carbocycles. The topological polar surface area (TPSA) is 115 Å². The Morgan fingerprint density at radius 1 is 1.56 bits per heavy atom. The van der Waals surface area contributed by atoms with Gasteiger partial charge in [0.2, 0.25) is 0 Å². The number of aliphatic carboxylic acids is 1. The van der Waals surface area contributed by atoms with Gasteiger partial charge in [0.05, 0.1) is 0 Å². The first-order valence-electron chi connectivity index (χ1n) is 5.62. The van der Waals surface area contributed by atoms with Crippen molar-refractivity contribution in [2.24, 2.45) is 5.11 Å². The molecule has 0 aromatic rings. The molecule has 1 aliphatic rings. The van der Waals surface area contributed by atoms with Crippen LogP contribution in [0, 0.1) is 0 Å². The molecule has 100 valence electrons. The number of carboxylic acids is 1. The molecule has 1 aliphatic heterocycles. The van der Waals surface area contributed by atoms with Gasteiger partial charge < -0.3 is 5.11 Å². The van der Waals surface area contributed by atoms with Gasteiger partial charge in [-0.05, 0) is 10.6 Å². The van der Waals surface area contributed by atoms with Crippen LogP contribution in [0.2, 0.25) is 18.1 Å². The number of carbonyl (C=O) groups is 2. The van der Waals surface area contributed by atoms with Gasteiger partial charge in [-0.25, -0.2) is 0 Å². The first-order chi connectivity index (χ1) is 8.02. The predicted octanol–water partition coefficient (Wildman–Crippen LogP) is 1.67. The Morgan fingerprint density at radius 3 is 2.33 bits per heavy atom. The maximum absolute atomic E-state index is 12.1. The summed E-state index contributed by atoms with van der Waals surface area (Å²) in [6.07, 6.45) is -1.06. The Hall–Kier alpha value is -1.37. The third kappa shape index (κ3) is 1.65. The second kappa shape index (κ2) is 4.08. The summed E-state index contributed by atoms with van der Waals surface area (Å²) in [6.45, 7) is 9.51. The van der Waals surface area contributed by atoms with Gasteiger partial charge in [-0.15, -0.1) is 0 Å². The summed E-state index contributed by atoms with van der Waals surface area (Å²) in [5.41, 5.74) is 8.32. The number of hydrogen-bond acceptors (Lipinski definition) is 4. The molecule has 1 saturated heterocycles. The fourth-order valence-electron chi connectivity index (χ4n) is 2.09. The van der Waals surface area contributed by atoms with Crippen molar-refractivity contribution in [3.63, 3.8) is 0 Å². The molecule has 1 heterocycles. The Labute approximate surface area is 106 Å². The summed E-state index contributed by atoms with van der Waals surface area (Å²) in [7, 11) is -2.51. The third-order valence-corrected chi connectivity index (χ3v) is 10.5. The smallest absolute Gasteiger partial charge is 0.328 e. The Balaban J connectivity index is 3.27. The van der Waals surface area contributed by atoms with Crippen molar-refractivity contribution in [3.05, 3.63) is 10.4 Å². The summed E-state index contributed by atoms with van der Waals surface area (Å²) < 4.78 is 0. The standard InChI is InChI=1S/C10H18N4O3Si/c1-9(2,3)18(4,5)10(8(16)17)6(15)7(12-10)13-14-11/h7,12H,1-5H3,(H,16,17). The van der Waals surface area contributed by atoms with Gasteiger partial charge in [-0.2, -0.15) is 0 Å². The van der Waals surface area contributed by atoms with Gasteiger partial charge in [0.15, 0.2) is 10.9 Å². The minimum absolute atomic E-state index is 0.282. The third-order valence-electron chi connectivity index (χ3n) is 4.27. The first-order valence-corrected chi connectivity index (χ1v) is 8.62. The van der Waals surface area contributed by atoms with Gasteiger partial charge in [0.1, 0.15) is 14.2 Å². The van der Waals surface area contributed by atoms with Crippen molar-refractivity contribution in [3.8, 4) is 0 Å². The molecule has 0 amide bonds. The molecule has 2 unspecified atom stereocenters. The van der Waals surface area contributed by atoms with Crippen LogP contribution in [0.3, 0.4) is 0 Å². The lowest BCUT2D eigenvalue weighted by molar-refractivity contribution is -0.153. The quantitative estimate of drug-likeness (QED) is 0.267. The molecule has 1 rings (SSSR count). The van der Waals surface area contributed by atoms with E-state index in [1.54, 1.807) is 0 Å². The lowest BCUT2D eigenvalue weighted by atomic mass is 10.0. The van der Waals surface area contributed by atoms with Crippen molar-refractivity contribution < 1.29 is 14.7 Å². The maximum atomic E-state index is 12.1. The van der Waals surface area contributed by atoms with Crippen molar-refractivity contribution in [2.75, 3.05) is 0 Å². The Morgan fingerprint density at radius 2 is 2.06 bits per heavy atom. The molecule has 0 bridgehead atoms. The zero-order valence-corrected chi connectivity index (χ0v) is 12.2. The summed E-state index contributed by atoms with van der Waals surface area (Å²) in [4.78, 5) is 26.3. The van der Waals surface area contributed by atoms with Gasteiger partial charge in [-0.1, -0.05) is 39.0 Å². The molecular formula is C10H18N4O3Si. The van der Waals surface area contributed by atoms with E-state index in [4.69, 9.17) is 5.53 Å². The molecule has 2 atom stereocenters. The molecule has 18 heavy (non-hydrogen) atoms. The normalized spacial score (nSPS) is 28.3. The van der Waals surface area contributed by atoms with E-state index in [-0.39, 0.29) is 5.04 Å². The largest absolute Gasteiger partial charge is 0.480 e. The second-order valence-electron chi connectivity index (χ2n) is 6.05. The van der Waals surface area contributed by atoms with Crippen LogP contribution >= 0.6 is 0 Å². The molecule has 0 aromatic carbocycles. The minimum Gasteiger partial charge on any atom is -0.480 e. The predicted molar refractivity (Wildman–Crippen MR) is 68.6 cm³/mol. The van der Waals surface area contributed by atoms with Crippen LogP contribution in [0.25, 0.3) is 10.4 Å². The molecule has 8 heteroatoms. The second-order valence-corrected chi connectivity index (χ2v) is 11.5. The number of hydrogen-bond donors (Lipinski definition) is 2. The zero-order chi connectivity index (χ0) is 14.4. The van der Waals surface area contributed by atoms with E-state index in [0.29, 0.717) is 0 Å². The van der Waals surface area contributed by atoms with Crippen molar-refractivity contribution in [1.82, 2.24) is 5.32 Å². The number of carboxylic acid groups (broad SMARTS) is 1. The van der Waals surface area contributed by atoms with Gasteiger partial charge in [0.25, 0.3) is 0 Å². The van der Waals surface area contributed by atoms with E-state index < -0.39 is 31.2 Å². The van der Waals surface area contributed by atoms with Gasteiger partial charge in [0, 0.05) is 4.91 Å². The van der Waals surface area contributed by atoms with Crippen LogP contribution in [0.5, 0.6) is 0 Å². The van der Waals surface area contributed by atoms with Crippen LogP contribution in [-0.2, 0) is 9.59 Å². The molecule has 0 aromatic heterocycles.